The van der Waals surface area contributed by atoms with Gasteiger partial charge < -0.3 is 10.6 Å². The normalized spacial score (nSPS) is 12.6. The lowest BCUT2D eigenvalue weighted by Crippen LogP contribution is -2.32. The van der Waals surface area contributed by atoms with E-state index in [4.69, 9.17) is 23.2 Å². The van der Waals surface area contributed by atoms with Crippen LogP contribution in [-0.4, -0.2) is 6.03 Å². The summed E-state index contributed by atoms with van der Waals surface area (Å²) >= 11 is 11.8. The van der Waals surface area contributed by atoms with Gasteiger partial charge in [0.15, 0.2) is 0 Å². The molecule has 0 spiro atoms. The zero-order valence-electron chi connectivity index (χ0n) is 13.1. The van der Waals surface area contributed by atoms with Crippen LogP contribution in [0.1, 0.15) is 30.5 Å². The fraction of sp³-hybridized carbons (Fsp3) is 0.235. The van der Waals surface area contributed by atoms with Gasteiger partial charge >= 0.3 is 12.2 Å². The number of rotatable bonds is 4. The van der Waals surface area contributed by atoms with E-state index in [1.807, 2.05) is 6.92 Å². The molecule has 0 saturated heterocycles. The summed E-state index contributed by atoms with van der Waals surface area (Å²) in [6.45, 7) is 1.86. The predicted molar refractivity (Wildman–Crippen MR) is 93.1 cm³/mol. The number of nitrogens with one attached hydrogen (secondary N) is 2. The second-order valence-electron chi connectivity index (χ2n) is 5.31. The maximum absolute atomic E-state index is 12.7. The van der Waals surface area contributed by atoms with Gasteiger partial charge in [0.1, 0.15) is 0 Å². The Morgan fingerprint density at radius 1 is 1.12 bits per heavy atom. The summed E-state index contributed by atoms with van der Waals surface area (Å²) < 4.78 is 38.1. The molecule has 2 rings (SSSR count). The first-order valence-electron chi connectivity index (χ1n) is 7.40. The predicted octanol–water partition coefficient (Wildman–Crippen LogP) is 6.29. The highest BCUT2D eigenvalue weighted by Gasteiger charge is 2.30. The van der Waals surface area contributed by atoms with Gasteiger partial charge in [-0.1, -0.05) is 42.3 Å². The number of benzene rings is 2. The average Bonchev–Trinajstić information content (AvgIpc) is 2.55. The van der Waals surface area contributed by atoms with Crippen LogP contribution in [0.15, 0.2) is 42.5 Å². The first-order valence-corrected chi connectivity index (χ1v) is 8.16. The summed E-state index contributed by atoms with van der Waals surface area (Å²) in [5, 5.41) is 5.87. The Labute approximate surface area is 153 Å². The Balaban J connectivity index is 2.09. The van der Waals surface area contributed by atoms with Crippen molar-refractivity contribution in [3.8, 4) is 0 Å². The molecule has 2 N–H and O–H groups in total. The van der Waals surface area contributed by atoms with E-state index in [0.717, 1.165) is 17.7 Å². The van der Waals surface area contributed by atoms with Crippen LogP contribution in [0.3, 0.4) is 0 Å². The Kier molecular flexibility index (Phi) is 6.19. The minimum absolute atomic E-state index is 0.0521. The first kappa shape index (κ1) is 19.4. The van der Waals surface area contributed by atoms with Gasteiger partial charge in [0.05, 0.1) is 21.7 Å². The lowest BCUT2D eigenvalue weighted by atomic mass is 10.0. The zero-order valence-corrected chi connectivity index (χ0v) is 14.6. The molecule has 0 fully saturated rings. The molecular formula is C17H15Cl2F3N2O. The molecule has 2 amide bonds. The van der Waals surface area contributed by atoms with Crippen LogP contribution >= 0.6 is 23.2 Å². The van der Waals surface area contributed by atoms with E-state index in [0.29, 0.717) is 16.5 Å². The molecule has 2 aromatic carbocycles. The molecule has 134 valence electrons. The van der Waals surface area contributed by atoms with Crippen LogP contribution in [0.4, 0.5) is 23.7 Å². The summed E-state index contributed by atoms with van der Waals surface area (Å²) in [5.41, 5.74) is -0.0331. The summed E-state index contributed by atoms with van der Waals surface area (Å²) in [5.74, 6) is 0. The third-order valence-electron chi connectivity index (χ3n) is 3.51. The topological polar surface area (TPSA) is 41.1 Å². The van der Waals surface area contributed by atoms with Crippen molar-refractivity contribution in [3.63, 3.8) is 0 Å². The van der Waals surface area contributed by atoms with Crippen LogP contribution in [0.25, 0.3) is 0 Å². The molecule has 25 heavy (non-hydrogen) atoms. The Morgan fingerprint density at radius 3 is 2.44 bits per heavy atom. The van der Waals surface area contributed by atoms with Crippen molar-refractivity contribution in [2.45, 2.75) is 25.6 Å². The summed E-state index contributed by atoms with van der Waals surface area (Å²) in [6, 6.07) is 8.44. The highest BCUT2D eigenvalue weighted by molar-refractivity contribution is 6.42. The largest absolute Gasteiger partial charge is 0.416 e. The van der Waals surface area contributed by atoms with E-state index >= 15 is 0 Å². The molecule has 0 aliphatic carbocycles. The third kappa shape index (κ3) is 5.28. The molecular weight excluding hydrogens is 376 g/mol. The van der Waals surface area contributed by atoms with Crippen molar-refractivity contribution in [2.75, 3.05) is 5.32 Å². The summed E-state index contributed by atoms with van der Waals surface area (Å²) in [4.78, 5) is 12.1. The van der Waals surface area contributed by atoms with E-state index < -0.39 is 17.8 Å². The number of hydrogen-bond acceptors (Lipinski definition) is 1. The zero-order chi connectivity index (χ0) is 18.6. The SMILES string of the molecule is CCC(NC(=O)Nc1cccc(C(F)(F)F)c1)c1ccc(Cl)c(Cl)c1. The lowest BCUT2D eigenvalue weighted by Gasteiger charge is -2.19. The number of urea groups is 1. The number of alkyl halides is 3. The van der Waals surface area contributed by atoms with Gasteiger partial charge in [-0.2, -0.15) is 13.2 Å². The average molecular weight is 391 g/mol. The van der Waals surface area contributed by atoms with E-state index in [-0.39, 0.29) is 11.7 Å². The molecule has 3 nitrogen and oxygen atoms in total. The van der Waals surface area contributed by atoms with E-state index in [1.165, 1.54) is 12.1 Å². The van der Waals surface area contributed by atoms with Gasteiger partial charge in [0.2, 0.25) is 0 Å². The Hall–Kier alpha value is -1.92. The number of halogens is 5. The van der Waals surface area contributed by atoms with Crippen LogP contribution in [-0.2, 0) is 6.18 Å². The summed E-state index contributed by atoms with van der Waals surface area (Å²) in [6.07, 6.45) is -3.91. The molecule has 0 heterocycles. The fourth-order valence-corrected chi connectivity index (χ4v) is 2.56. The van der Waals surface area contributed by atoms with Crippen molar-refractivity contribution >= 4 is 34.9 Å². The molecule has 0 bridgehead atoms. The number of anilines is 1. The van der Waals surface area contributed by atoms with Gasteiger partial charge in [-0.05, 0) is 42.3 Å². The highest BCUT2D eigenvalue weighted by Crippen LogP contribution is 2.31. The van der Waals surface area contributed by atoms with Crippen molar-refractivity contribution in [3.05, 3.63) is 63.6 Å². The molecule has 0 aromatic heterocycles. The van der Waals surface area contributed by atoms with Crippen LogP contribution in [0, 0.1) is 0 Å². The lowest BCUT2D eigenvalue weighted by molar-refractivity contribution is -0.137. The Bertz CT molecular complexity index is 766. The van der Waals surface area contributed by atoms with Crippen molar-refractivity contribution < 1.29 is 18.0 Å². The van der Waals surface area contributed by atoms with Crippen LogP contribution in [0.2, 0.25) is 10.0 Å². The van der Waals surface area contributed by atoms with E-state index in [9.17, 15) is 18.0 Å². The first-order chi connectivity index (χ1) is 11.7. The van der Waals surface area contributed by atoms with Gasteiger partial charge in [-0.25, -0.2) is 4.79 Å². The maximum Gasteiger partial charge on any atom is 0.416 e. The Morgan fingerprint density at radius 2 is 1.84 bits per heavy atom. The van der Waals surface area contributed by atoms with Crippen molar-refractivity contribution in [2.24, 2.45) is 0 Å². The van der Waals surface area contributed by atoms with Gasteiger partial charge in [-0.3, -0.25) is 0 Å². The molecule has 8 heteroatoms. The molecule has 0 saturated carbocycles. The minimum Gasteiger partial charge on any atom is -0.331 e. The molecule has 0 aliphatic heterocycles. The molecule has 1 atom stereocenters. The molecule has 0 aliphatic rings. The van der Waals surface area contributed by atoms with E-state index in [2.05, 4.69) is 10.6 Å². The number of hydrogen-bond donors (Lipinski definition) is 2. The number of carbonyl (C=O) groups excluding carboxylic acids is 1. The van der Waals surface area contributed by atoms with Gasteiger partial charge in [0.25, 0.3) is 0 Å². The quantitative estimate of drug-likeness (QED) is 0.632. The second kappa shape index (κ2) is 7.97. The maximum atomic E-state index is 12.7. The van der Waals surface area contributed by atoms with Crippen molar-refractivity contribution in [1.29, 1.82) is 0 Å². The smallest absolute Gasteiger partial charge is 0.331 e. The second-order valence-corrected chi connectivity index (χ2v) is 6.13. The molecule has 1 unspecified atom stereocenters. The van der Waals surface area contributed by atoms with E-state index in [1.54, 1.807) is 18.2 Å². The number of carbonyl (C=O) groups is 1. The van der Waals surface area contributed by atoms with Crippen LogP contribution in [0.5, 0.6) is 0 Å². The van der Waals surface area contributed by atoms with Crippen molar-refractivity contribution in [1.82, 2.24) is 5.32 Å². The standard InChI is InChI=1S/C17H15Cl2F3N2O/c1-2-15(10-6-7-13(18)14(19)8-10)24-16(25)23-12-5-3-4-11(9-12)17(20,21)22/h3-9,15H,2H2,1H3,(H2,23,24,25). The monoisotopic (exact) mass is 390 g/mol. The third-order valence-corrected chi connectivity index (χ3v) is 4.25. The number of amides is 2. The summed E-state index contributed by atoms with van der Waals surface area (Å²) in [7, 11) is 0. The molecule has 2 aromatic rings. The van der Waals surface area contributed by atoms with Gasteiger partial charge in [0, 0.05) is 5.69 Å². The minimum atomic E-state index is -4.47. The fourth-order valence-electron chi connectivity index (χ4n) is 2.25. The molecule has 0 radical (unpaired) electrons. The van der Waals surface area contributed by atoms with Crippen LogP contribution < -0.4 is 10.6 Å². The van der Waals surface area contributed by atoms with Gasteiger partial charge in [-0.15, -0.1) is 0 Å². The highest BCUT2D eigenvalue weighted by atomic mass is 35.5.